The predicted molar refractivity (Wildman–Crippen MR) is 71.8 cm³/mol. The first kappa shape index (κ1) is 14.4. The van der Waals surface area contributed by atoms with E-state index >= 15 is 0 Å². The van der Waals surface area contributed by atoms with E-state index in [-0.39, 0.29) is 12.0 Å². The van der Waals surface area contributed by atoms with Crippen LogP contribution in [0.1, 0.15) is 24.3 Å². The molecule has 0 saturated carbocycles. The fraction of sp³-hybridized carbons (Fsp3) is 0.538. The Hall–Kier alpha value is -1.62. The summed E-state index contributed by atoms with van der Waals surface area (Å²) in [7, 11) is 3.56. The standard InChI is InChI=1S/C13H21N3O2/c1-10(2)18-8-7-16(4)13(17)12-9-11(14-3)5-6-15-12/h5-6,9-10H,7-8H2,1-4H3,(H,14,15). The lowest BCUT2D eigenvalue weighted by molar-refractivity contribution is 0.0529. The average Bonchev–Trinajstić information content (AvgIpc) is 2.37. The third-order valence-electron chi connectivity index (χ3n) is 2.49. The highest BCUT2D eigenvalue weighted by molar-refractivity contribution is 5.92. The van der Waals surface area contributed by atoms with Crippen molar-refractivity contribution in [2.24, 2.45) is 0 Å². The molecule has 0 aromatic carbocycles. The van der Waals surface area contributed by atoms with E-state index in [0.717, 1.165) is 5.69 Å². The maximum Gasteiger partial charge on any atom is 0.272 e. The molecule has 0 atom stereocenters. The Morgan fingerprint density at radius 2 is 2.28 bits per heavy atom. The van der Waals surface area contributed by atoms with Crippen LogP contribution < -0.4 is 5.32 Å². The maximum absolute atomic E-state index is 12.1. The third-order valence-corrected chi connectivity index (χ3v) is 2.49. The summed E-state index contributed by atoms with van der Waals surface area (Å²) in [5, 5.41) is 2.98. The second-order valence-corrected chi connectivity index (χ2v) is 4.33. The van der Waals surface area contributed by atoms with Gasteiger partial charge in [0.05, 0.1) is 12.7 Å². The number of aromatic nitrogens is 1. The summed E-state index contributed by atoms with van der Waals surface area (Å²) < 4.78 is 5.42. The van der Waals surface area contributed by atoms with Gasteiger partial charge in [0.1, 0.15) is 5.69 Å². The first-order chi connectivity index (χ1) is 8.54. The minimum Gasteiger partial charge on any atom is -0.388 e. The lowest BCUT2D eigenvalue weighted by Gasteiger charge is -2.17. The van der Waals surface area contributed by atoms with Gasteiger partial charge in [-0.1, -0.05) is 0 Å². The molecule has 1 aromatic heterocycles. The minimum atomic E-state index is -0.0977. The van der Waals surface area contributed by atoms with Crippen LogP contribution in [-0.4, -0.2) is 49.1 Å². The number of amides is 1. The molecule has 5 nitrogen and oxygen atoms in total. The second-order valence-electron chi connectivity index (χ2n) is 4.33. The third kappa shape index (κ3) is 4.33. The number of nitrogens with one attached hydrogen (secondary N) is 1. The number of pyridine rings is 1. The van der Waals surface area contributed by atoms with Crippen LogP contribution in [0.3, 0.4) is 0 Å². The van der Waals surface area contributed by atoms with Crippen molar-refractivity contribution in [1.29, 1.82) is 0 Å². The van der Waals surface area contributed by atoms with Gasteiger partial charge in [0.15, 0.2) is 0 Å². The first-order valence-electron chi connectivity index (χ1n) is 6.05. The minimum absolute atomic E-state index is 0.0977. The summed E-state index contributed by atoms with van der Waals surface area (Å²) in [6, 6.07) is 3.56. The topological polar surface area (TPSA) is 54.5 Å². The molecule has 0 unspecified atom stereocenters. The van der Waals surface area contributed by atoms with E-state index in [1.54, 1.807) is 24.2 Å². The molecule has 1 rings (SSSR count). The summed E-state index contributed by atoms with van der Waals surface area (Å²) in [4.78, 5) is 17.8. The lowest BCUT2D eigenvalue weighted by atomic mass is 10.3. The molecule has 0 spiro atoms. The quantitative estimate of drug-likeness (QED) is 0.834. The SMILES string of the molecule is CNc1ccnc(C(=O)N(C)CCOC(C)C)c1. The molecule has 0 aliphatic rings. The average molecular weight is 251 g/mol. The van der Waals surface area contributed by atoms with E-state index in [2.05, 4.69) is 10.3 Å². The van der Waals surface area contributed by atoms with E-state index in [0.29, 0.717) is 18.8 Å². The van der Waals surface area contributed by atoms with Gasteiger partial charge in [-0.3, -0.25) is 9.78 Å². The van der Waals surface area contributed by atoms with Crippen molar-refractivity contribution < 1.29 is 9.53 Å². The molecule has 0 aliphatic heterocycles. The van der Waals surface area contributed by atoms with E-state index < -0.39 is 0 Å². The van der Waals surface area contributed by atoms with Gasteiger partial charge in [-0.15, -0.1) is 0 Å². The summed E-state index contributed by atoms with van der Waals surface area (Å²) in [6.07, 6.45) is 1.80. The molecular weight excluding hydrogens is 230 g/mol. The lowest BCUT2D eigenvalue weighted by Crippen LogP contribution is -2.31. The van der Waals surface area contributed by atoms with Gasteiger partial charge in [0.2, 0.25) is 0 Å². The van der Waals surface area contributed by atoms with Gasteiger partial charge in [-0.05, 0) is 26.0 Å². The van der Waals surface area contributed by atoms with Gasteiger partial charge in [-0.25, -0.2) is 0 Å². The maximum atomic E-state index is 12.1. The molecule has 1 heterocycles. The van der Waals surface area contributed by atoms with Gasteiger partial charge in [0, 0.05) is 32.5 Å². The normalized spacial score (nSPS) is 10.5. The molecule has 1 amide bonds. The molecule has 100 valence electrons. The Bertz CT molecular complexity index is 394. The first-order valence-corrected chi connectivity index (χ1v) is 6.05. The highest BCUT2D eigenvalue weighted by Gasteiger charge is 2.13. The number of hydrogen-bond acceptors (Lipinski definition) is 4. The van der Waals surface area contributed by atoms with Crippen LogP contribution in [0, 0.1) is 0 Å². The Kier molecular flexibility index (Phi) is 5.58. The molecule has 1 aromatic rings. The molecule has 0 radical (unpaired) electrons. The van der Waals surface area contributed by atoms with Crippen molar-refractivity contribution in [2.75, 3.05) is 32.6 Å². The Labute approximate surface area is 108 Å². The van der Waals surface area contributed by atoms with Gasteiger partial charge in [-0.2, -0.15) is 0 Å². The summed E-state index contributed by atoms with van der Waals surface area (Å²) in [5.41, 5.74) is 1.31. The fourth-order valence-corrected chi connectivity index (χ4v) is 1.43. The summed E-state index contributed by atoms with van der Waals surface area (Å²) >= 11 is 0. The molecular formula is C13H21N3O2. The van der Waals surface area contributed by atoms with Crippen LogP contribution in [0.2, 0.25) is 0 Å². The molecule has 5 heteroatoms. The molecule has 18 heavy (non-hydrogen) atoms. The monoisotopic (exact) mass is 251 g/mol. The van der Waals surface area contributed by atoms with Gasteiger partial charge in [0.25, 0.3) is 5.91 Å². The summed E-state index contributed by atoms with van der Waals surface area (Å²) in [6.45, 7) is 5.04. The van der Waals surface area contributed by atoms with Crippen LogP contribution in [-0.2, 0) is 4.74 Å². The van der Waals surface area contributed by atoms with Crippen molar-refractivity contribution in [1.82, 2.24) is 9.88 Å². The van der Waals surface area contributed by atoms with E-state index in [9.17, 15) is 4.79 Å². The fourth-order valence-electron chi connectivity index (χ4n) is 1.43. The molecule has 0 fully saturated rings. The van der Waals surface area contributed by atoms with Crippen LogP contribution in [0.5, 0.6) is 0 Å². The molecule has 0 aliphatic carbocycles. The second kappa shape index (κ2) is 6.96. The predicted octanol–water partition coefficient (Wildman–Crippen LogP) is 1.62. The van der Waals surface area contributed by atoms with Crippen molar-refractivity contribution in [2.45, 2.75) is 20.0 Å². The number of rotatable bonds is 6. The highest BCUT2D eigenvalue weighted by Crippen LogP contribution is 2.08. The van der Waals surface area contributed by atoms with Crippen molar-refractivity contribution in [3.8, 4) is 0 Å². The van der Waals surface area contributed by atoms with E-state index in [1.807, 2.05) is 27.0 Å². The van der Waals surface area contributed by atoms with Crippen LogP contribution in [0.25, 0.3) is 0 Å². The molecule has 0 bridgehead atoms. The van der Waals surface area contributed by atoms with Crippen LogP contribution in [0.15, 0.2) is 18.3 Å². The van der Waals surface area contributed by atoms with Crippen LogP contribution in [0.4, 0.5) is 5.69 Å². The number of likely N-dealkylation sites (N-methyl/N-ethyl adjacent to an activating group) is 1. The summed E-state index contributed by atoms with van der Waals surface area (Å²) in [5.74, 6) is -0.0977. The number of anilines is 1. The molecule has 0 saturated heterocycles. The number of ether oxygens (including phenoxy) is 1. The Balaban J connectivity index is 2.56. The zero-order valence-electron chi connectivity index (χ0n) is 11.4. The van der Waals surface area contributed by atoms with Crippen molar-refractivity contribution >= 4 is 11.6 Å². The van der Waals surface area contributed by atoms with Gasteiger partial charge < -0.3 is 15.0 Å². The number of carbonyl (C=O) groups excluding carboxylic acids is 1. The van der Waals surface area contributed by atoms with Gasteiger partial charge >= 0.3 is 0 Å². The number of carbonyl (C=O) groups is 1. The van der Waals surface area contributed by atoms with E-state index in [1.165, 1.54) is 0 Å². The van der Waals surface area contributed by atoms with E-state index in [4.69, 9.17) is 4.74 Å². The smallest absolute Gasteiger partial charge is 0.272 e. The highest BCUT2D eigenvalue weighted by atomic mass is 16.5. The zero-order valence-corrected chi connectivity index (χ0v) is 11.4. The van der Waals surface area contributed by atoms with Crippen molar-refractivity contribution in [3.63, 3.8) is 0 Å². The zero-order chi connectivity index (χ0) is 13.5. The number of nitrogens with zero attached hydrogens (tertiary/aromatic N) is 2. The van der Waals surface area contributed by atoms with Crippen molar-refractivity contribution in [3.05, 3.63) is 24.0 Å². The van der Waals surface area contributed by atoms with Crippen LogP contribution >= 0.6 is 0 Å². The Morgan fingerprint density at radius 1 is 1.56 bits per heavy atom. The Morgan fingerprint density at radius 3 is 2.89 bits per heavy atom. The largest absolute Gasteiger partial charge is 0.388 e. The number of hydrogen-bond donors (Lipinski definition) is 1. The molecule has 1 N–H and O–H groups in total.